The number of rotatable bonds is 2. The summed E-state index contributed by atoms with van der Waals surface area (Å²) in [5.74, 6) is 0. The van der Waals surface area contributed by atoms with Crippen molar-refractivity contribution in [3.05, 3.63) is 60.7 Å². The molecule has 0 aromatic heterocycles. The molecule has 4 heteroatoms. The molecule has 2 aromatic carbocycles. The van der Waals surface area contributed by atoms with E-state index < -0.39 is 8.45 Å². The third kappa shape index (κ3) is 2.07. The van der Waals surface area contributed by atoms with Crippen LogP contribution in [0.25, 0.3) is 0 Å². The number of nitrogens with zero attached hydrogens (tertiary/aromatic N) is 2. The van der Waals surface area contributed by atoms with Crippen LogP contribution in [0.2, 0.25) is 0 Å². The van der Waals surface area contributed by atoms with E-state index in [9.17, 15) is 4.89 Å². The summed E-state index contributed by atoms with van der Waals surface area (Å²) >= 11 is 0. The molecule has 0 aliphatic carbocycles. The summed E-state index contributed by atoms with van der Waals surface area (Å²) in [5.41, 5.74) is 2.05. The monoisotopic (exact) mass is 257 g/mol. The van der Waals surface area contributed by atoms with E-state index in [-0.39, 0.29) is 0 Å². The van der Waals surface area contributed by atoms with Gasteiger partial charge in [-0.1, -0.05) is 36.4 Å². The molecule has 3 nitrogen and oxygen atoms in total. The van der Waals surface area contributed by atoms with Crippen LogP contribution in [-0.2, 0) is 0 Å². The van der Waals surface area contributed by atoms with Gasteiger partial charge in [0, 0.05) is 32.9 Å². The van der Waals surface area contributed by atoms with Gasteiger partial charge < -0.3 is 14.2 Å². The van der Waals surface area contributed by atoms with Crippen molar-refractivity contribution in [2.24, 2.45) is 0 Å². The van der Waals surface area contributed by atoms with Gasteiger partial charge in [0.1, 0.15) is 0 Å². The molecule has 18 heavy (non-hydrogen) atoms. The topological polar surface area (TPSA) is 29.5 Å². The van der Waals surface area contributed by atoms with Gasteiger partial charge in [0.2, 0.25) is 0 Å². The standard InChI is InChI=1S/C14H14N2OP/c17-18-15(13-7-3-1-4-8-13)11-12-16(18)14-9-5-2-6-10-14/h1-10H,11-12H2/q-1. The molecule has 92 valence electrons. The molecule has 0 N–H and O–H groups in total. The highest BCUT2D eigenvalue weighted by Crippen LogP contribution is 2.46. The molecule has 0 saturated carbocycles. The Morgan fingerprint density at radius 3 is 1.50 bits per heavy atom. The van der Waals surface area contributed by atoms with Gasteiger partial charge in [0.05, 0.1) is 0 Å². The molecule has 1 saturated heterocycles. The molecular weight excluding hydrogens is 243 g/mol. The Bertz CT molecular complexity index is 458. The van der Waals surface area contributed by atoms with Crippen LogP contribution < -0.4 is 14.2 Å². The predicted molar refractivity (Wildman–Crippen MR) is 74.5 cm³/mol. The SMILES string of the molecule is [O-]P1N(c2ccccc2)CCN1c1ccccc1. The number of anilines is 2. The summed E-state index contributed by atoms with van der Waals surface area (Å²) in [4.78, 5) is 12.5. The van der Waals surface area contributed by atoms with Crippen LogP contribution in [0.5, 0.6) is 0 Å². The third-order valence-corrected chi connectivity index (χ3v) is 4.73. The maximum absolute atomic E-state index is 12.5. The molecule has 3 rings (SSSR count). The lowest BCUT2D eigenvalue weighted by molar-refractivity contribution is -0.159. The van der Waals surface area contributed by atoms with E-state index in [1.165, 1.54) is 0 Å². The minimum atomic E-state index is -1.53. The molecule has 2 aromatic rings. The number of hydrogen-bond acceptors (Lipinski definition) is 3. The predicted octanol–water partition coefficient (Wildman–Crippen LogP) is 2.60. The average Bonchev–Trinajstić information content (AvgIpc) is 2.83. The van der Waals surface area contributed by atoms with Crippen LogP contribution in [0.15, 0.2) is 60.7 Å². The highest BCUT2D eigenvalue weighted by Gasteiger charge is 2.24. The number of benzene rings is 2. The highest BCUT2D eigenvalue weighted by atomic mass is 31.2. The van der Waals surface area contributed by atoms with Crippen molar-refractivity contribution in [2.75, 3.05) is 22.4 Å². The fourth-order valence-electron chi connectivity index (χ4n) is 2.15. The summed E-state index contributed by atoms with van der Waals surface area (Å²) in [7, 11) is -1.53. The van der Waals surface area contributed by atoms with E-state index >= 15 is 0 Å². The second-order valence-corrected chi connectivity index (χ2v) is 5.64. The van der Waals surface area contributed by atoms with Gasteiger partial charge in [-0.05, 0) is 24.3 Å². The molecule has 0 unspecified atom stereocenters. The minimum Gasteiger partial charge on any atom is -0.796 e. The van der Waals surface area contributed by atoms with Crippen molar-refractivity contribution in [3.8, 4) is 0 Å². The highest BCUT2D eigenvalue weighted by molar-refractivity contribution is 7.54. The van der Waals surface area contributed by atoms with Crippen LogP contribution in [0, 0.1) is 0 Å². The van der Waals surface area contributed by atoms with Crippen molar-refractivity contribution < 1.29 is 4.89 Å². The first-order chi connectivity index (χ1) is 8.86. The summed E-state index contributed by atoms with van der Waals surface area (Å²) in [6.07, 6.45) is 0. The lowest BCUT2D eigenvalue weighted by atomic mass is 10.3. The Balaban J connectivity index is 1.83. The zero-order valence-corrected chi connectivity index (χ0v) is 10.8. The Morgan fingerprint density at radius 1 is 0.722 bits per heavy atom. The molecule has 1 heterocycles. The smallest absolute Gasteiger partial charge is 0.0403 e. The first kappa shape index (κ1) is 11.5. The van der Waals surface area contributed by atoms with Crippen LogP contribution in [0.4, 0.5) is 11.4 Å². The van der Waals surface area contributed by atoms with Crippen LogP contribution in [0.3, 0.4) is 0 Å². The molecule has 0 spiro atoms. The van der Waals surface area contributed by atoms with E-state index in [1.807, 2.05) is 70.0 Å². The first-order valence-electron chi connectivity index (χ1n) is 5.98. The van der Waals surface area contributed by atoms with Crippen LogP contribution in [-0.4, -0.2) is 13.1 Å². The van der Waals surface area contributed by atoms with Gasteiger partial charge in [0.15, 0.2) is 0 Å². The van der Waals surface area contributed by atoms with Gasteiger partial charge in [-0.15, -0.1) is 0 Å². The van der Waals surface area contributed by atoms with Crippen LogP contribution >= 0.6 is 8.45 Å². The summed E-state index contributed by atoms with van der Waals surface area (Å²) in [5, 5.41) is 0. The Labute approximate surface area is 108 Å². The lowest BCUT2D eigenvalue weighted by Crippen LogP contribution is -2.22. The molecule has 0 atom stereocenters. The van der Waals surface area contributed by atoms with Gasteiger partial charge in [-0.3, -0.25) is 0 Å². The Kier molecular flexibility index (Phi) is 3.18. The third-order valence-electron chi connectivity index (χ3n) is 3.05. The van der Waals surface area contributed by atoms with Crippen molar-refractivity contribution in [1.29, 1.82) is 0 Å². The number of hydrogen-bond donors (Lipinski definition) is 0. The van der Waals surface area contributed by atoms with Crippen molar-refractivity contribution >= 4 is 19.8 Å². The van der Waals surface area contributed by atoms with Crippen molar-refractivity contribution in [3.63, 3.8) is 0 Å². The summed E-state index contributed by atoms with van der Waals surface area (Å²) in [6.45, 7) is 1.60. The fourth-order valence-corrected chi connectivity index (χ4v) is 3.59. The second-order valence-electron chi connectivity index (χ2n) is 4.17. The average molecular weight is 257 g/mol. The van der Waals surface area contributed by atoms with Gasteiger partial charge in [-0.25, -0.2) is 0 Å². The molecule has 1 aliphatic rings. The van der Waals surface area contributed by atoms with E-state index in [4.69, 9.17) is 0 Å². The summed E-state index contributed by atoms with van der Waals surface area (Å²) < 4.78 is 3.92. The van der Waals surface area contributed by atoms with E-state index in [2.05, 4.69) is 0 Å². The van der Waals surface area contributed by atoms with E-state index in [1.54, 1.807) is 0 Å². The normalized spacial score (nSPS) is 16.3. The Hall–Kier alpha value is -1.57. The largest absolute Gasteiger partial charge is 0.796 e. The van der Waals surface area contributed by atoms with E-state index in [0.29, 0.717) is 0 Å². The van der Waals surface area contributed by atoms with Crippen molar-refractivity contribution in [1.82, 2.24) is 0 Å². The molecule has 0 bridgehead atoms. The van der Waals surface area contributed by atoms with Crippen molar-refractivity contribution in [2.45, 2.75) is 0 Å². The lowest BCUT2D eigenvalue weighted by Gasteiger charge is -2.37. The zero-order valence-electron chi connectivity index (χ0n) is 9.94. The molecule has 1 aliphatic heterocycles. The zero-order chi connectivity index (χ0) is 12.4. The molecule has 1 fully saturated rings. The maximum Gasteiger partial charge on any atom is 0.0403 e. The second kappa shape index (κ2) is 4.97. The van der Waals surface area contributed by atoms with Crippen LogP contribution in [0.1, 0.15) is 0 Å². The molecular formula is C14H14N2OP-. The molecule has 0 amide bonds. The van der Waals surface area contributed by atoms with Gasteiger partial charge in [0.25, 0.3) is 0 Å². The fraction of sp³-hybridized carbons (Fsp3) is 0.143. The minimum absolute atomic E-state index is 0.800. The quantitative estimate of drug-likeness (QED) is 0.774. The van der Waals surface area contributed by atoms with Gasteiger partial charge >= 0.3 is 0 Å². The van der Waals surface area contributed by atoms with E-state index in [0.717, 1.165) is 24.5 Å². The maximum atomic E-state index is 12.5. The Morgan fingerprint density at radius 2 is 1.11 bits per heavy atom. The van der Waals surface area contributed by atoms with Gasteiger partial charge in [-0.2, -0.15) is 0 Å². The molecule has 0 radical (unpaired) electrons. The summed E-state index contributed by atoms with van der Waals surface area (Å²) in [6, 6.07) is 19.9. The number of para-hydroxylation sites is 2. The first-order valence-corrected chi connectivity index (χ1v) is 7.15.